The molecule has 1 aromatic rings. The second-order valence-electron chi connectivity index (χ2n) is 4.11. The molecular formula is C10H18N2S. The van der Waals surface area contributed by atoms with Crippen molar-refractivity contribution in [3.8, 4) is 0 Å². The first kappa shape index (κ1) is 10.5. The van der Waals surface area contributed by atoms with E-state index in [4.69, 9.17) is 5.73 Å². The Kier molecular flexibility index (Phi) is 3.33. The van der Waals surface area contributed by atoms with Crippen LogP contribution in [-0.4, -0.2) is 19.1 Å². The molecule has 0 atom stereocenters. The van der Waals surface area contributed by atoms with Crippen molar-refractivity contribution in [2.24, 2.45) is 5.73 Å². The van der Waals surface area contributed by atoms with Gasteiger partial charge in [-0.15, -0.1) is 11.3 Å². The monoisotopic (exact) mass is 198 g/mol. The fraction of sp³-hybridized carbons (Fsp3) is 0.600. The summed E-state index contributed by atoms with van der Waals surface area (Å²) in [6.45, 7) is 5.15. The van der Waals surface area contributed by atoms with Crippen LogP contribution in [0.2, 0.25) is 0 Å². The molecule has 0 aliphatic heterocycles. The minimum absolute atomic E-state index is 0.0640. The van der Waals surface area contributed by atoms with Crippen LogP contribution >= 0.6 is 11.3 Å². The van der Waals surface area contributed by atoms with E-state index in [0.29, 0.717) is 0 Å². The van der Waals surface area contributed by atoms with Crippen LogP contribution in [0.4, 0.5) is 5.00 Å². The Hall–Kier alpha value is -0.540. The van der Waals surface area contributed by atoms with Crippen LogP contribution in [0.25, 0.3) is 0 Å². The first-order valence-electron chi connectivity index (χ1n) is 4.52. The largest absolute Gasteiger partial charge is 0.366 e. The van der Waals surface area contributed by atoms with Crippen molar-refractivity contribution < 1.29 is 0 Å². The molecule has 0 aliphatic rings. The normalized spacial score (nSPS) is 11.7. The van der Waals surface area contributed by atoms with Gasteiger partial charge in [0.15, 0.2) is 0 Å². The van der Waals surface area contributed by atoms with Crippen LogP contribution in [0.1, 0.15) is 20.3 Å². The fourth-order valence-electron chi connectivity index (χ4n) is 1.05. The van der Waals surface area contributed by atoms with Crippen molar-refractivity contribution in [3.63, 3.8) is 0 Å². The van der Waals surface area contributed by atoms with E-state index < -0.39 is 0 Å². The molecule has 1 heterocycles. The van der Waals surface area contributed by atoms with E-state index >= 15 is 0 Å². The van der Waals surface area contributed by atoms with Crippen molar-refractivity contribution in [3.05, 3.63) is 17.5 Å². The quantitative estimate of drug-likeness (QED) is 0.804. The van der Waals surface area contributed by atoms with Gasteiger partial charge in [-0.05, 0) is 37.8 Å². The van der Waals surface area contributed by atoms with Gasteiger partial charge in [-0.3, -0.25) is 0 Å². The van der Waals surface area contributed by atoms with Crippen LogP contribution in [0.15, 0.2) is 17.5 Å². The molecule has 0 spiro atoms. The Morgan fingerprint density at radius 1 is 1.54 bits per heavy atom. The van der Waals surface area contributed by atoms with E-state index in [9.17, 15) is 0 Å². The maximum atomic E-state index is 5.91. The predicted octanol–water partition coefficient (Wildman–Crippen LogP) is 2.31. The Morgan fingerprint density at radius 2 is 2.23 bits per heavy atom. The van der Waals surface area contributed by atoms with Crippen LogP contribution in [-0.2, 0) is 0 Å². The van der Waals surface area contributed by atoms with E-state index in [1.165, 1.54) is 5.00 Å². The molecule has 3 heteroatoms. The van der Waals surface area contributed by atoms with Crippen molar-refractivity contribution in [2.75, 3.05) is 18.5 Å². The lowest BCUT2D eigenvalue weighted by atomic mass is 10.0. The summed E-state index contributed by atoms with van der Waals surface area (Å²) in [6.07, 6.45) is 1.02. The Bertz CT molecular complexity index is 236. The molecule has 0 fully saturated rings. The van der Waals surface area contributed by atoms with Gasteiger partial charge in [-0.1, -0.05) is 0 Å². The van der Waals surface area contributed by atoms with Crippen molar-refractivity contribution in [2.45, 2.75) is 25.8 Å². The molecule has 0 saturated carbocycles. The zero-order chi connectivity index (χ0) is 9.90. The lowest BCUT2D eigenvalue weighted by Gasteiger charge is -2.23. The molecule has 0 saturated heterocycles. The third-order valence-corrected chi connectivity index (χ3v) is 2.96. The summed E-state index contributed by atoms with van der Waals surface area (Å²) < 4.78 is 0. The number of rotatable bonds is 4. The van der Waals surface area contributed by atoms with Crippen LogP contribution in [0.5, 0.6) is 0 Å². The van der Waals surface area contributed by atoms with Crippen molar-refractivity contribution in [1.82, 2.24) is 0 Å². The molecule has 0 bridgehead atoms. The summed E-state index contributed by atoms with van der Waals surface area (Å²) in [7, 11) is 2.11. The Morgan fingerprint density at radius 3 is 2.69 bits per heavy atom. The van der Waals surface area contributed by atoms with Crippen LogP contribution in [0, 0.1) is 0 Å². The molecule has 0 aromatic carbocycles. The smallest absolute Gasteiger partial charge is 0.0905 e. The van der Waals surface area contributed by atoms with Gasteiger partial charge in [-0.25, -0.2) is 0 Å². The lowest BCUT2D eigenvalue weighted by molar-refractivity contribution is 0.479. The molecule has 0 unspecified atom stereocenters. The maximum Gasteiger partial charge on any atom is 0.0905 e. The van der Waals surface area contributed by atoms with Gasteiger partial charge >= 0.3 is 0 Å². The second kappa shape index (κ2) is 4.11. The maximum absolute atomic E-state index is 5.91. The standard InChI is InChI=1S/C10H18N2S/c1-10(2,11)6-7-12(3)9-5-4-8-13-9/h4-5,8H,6-7,11H2,1-3H3. The first-order valence-corrected chi connectivity index (χ1v) is 5.40. The van der Waals surface area contributed by atoms with Gasteiger partial charge in [0.05, 0.1) is 5.00 Å². The highest BCUT2D eigenvalue weighted by Gasteiger charge is 2.11. The highest BCUT2D eigenvalue weighted by molar-refractivity contribution is 7.14. The van der Waals surface area contributed by atoms with Gasteiger partial charge in [-0.2, -0.15) is 0 Å². The molecule has 0 aliphatic carbocycles. The molecule has 2 N–H and O–H groups in total. The van der Waals surface area contributed by atoms with E-state index in [-0.39, 0.29) is 5.54 Å². The highest BCUT2D eigenvalue weighted by atomic mass is 32.1. The fourth-order valence-corrected chi connectivity index (χ4v) is 1.78. The van der Waals surface area contributed by atoms with Gasteiger partial charge in [0.2, 0.25) is 0 Å². The zero-order valence-corrected chi connectivity index (χ0v) is 9.40. The number of thiophene rings is 1. The number of hydrogen-bond donors (Lipinski definition) is 1. The summed E-state index contributed by atoms with van der Waals surface area (Å²) in [5.41, 5.74) is 5.85. The summed E-state index contributed by atoms with van der Waals surface area (Å²) in [4.78, 5) is 2.25. The summed E-state index contributed by atoms with van der Waals surface area (Å²) in [5.74, 6) is 0. The molecular weight excluding hydrogens is 180 g/mol. The number of hydrogen-bond acceptors (Lipinski definition) is 3. The molecule has 0 radical (unpaired) electrons. The summed E-state index contributed by atoms with van der Waals surface area (Å²) >= 11 is 1.77. The van der Waals surface area contributed by atoms with Crippen LogP contribution in [0.3, 0.4) is 0 Å². The molecule has 13 heavy (non-hydrogen) atoms. The number of anilines is 1. The summed E-state index contributed by atoms with van der Waals surface area (Å²) in [5, 5.41) is 3.41. The second-order valence-corrected chi connectivity index (χ2v) is 5.04. The molecule has 2 nitrogen and oxygen atoms in total. The average molecular weight is 198 g/mol. The van der Waals surface area contributed by atoms with E-state index in [0.717, 1.165) is 13.0 Å². The first-order chi connectivity index (χ1) is 5.99. The van der Waals surface area contributed by atoms with Crippen LogP contribution < -0.4 is 10.6 Å². The van der Waals surface area contributed by atoms with E-state index in [1.54, 1.807) is 11.3 Å². The summed E-state index contributed by atoms with van der Waals surface area (Å²) in [6, 6.07) is 4.21. The lowest BCUT2D eigenvalue weighted by Crippen LogP contribution is -2.36. The number of nitrogens with zero attached hydrogens (tertiary/aromatic N) is 1. The van der Waals surface area contributed by atoms with Gasteiger partial charge in [0, 0.05) is 19.1 Å². The van der Waals surface area contributed by atoms with Gasteiger partial charge < -0.3 is 10.6 Å². The topological polar surface area (TPSA) is 29.3 Å². The van der Waals surface area contributed by atoms with E-state index in [2.05, 4.69) is 43.3 Å². The van der Waals surface area contributed by atoms with Gasteiger partial charge in [0.1, 0.15) is 0 Å². The van der Waals surface area contributed by atoms with Gasteiger partial charge in [0.25, 0.3) is 0 Å². The Labute approximate surface area is 84.4 Å². The van der Waals surface area contributed by atoms with Crippen molar-refractivity contribution in [1.29, 1.82) is 0 Å². The molecule has 1 rings (SSSR count). The average Bonchev–Trinajstić information content (AvgIpc) is 2.50. The third kappa shape index (κ3) is 3.79. The van der Waals surface area contributed by atoms with Crippen molar-refractivity contribution >= 4 is 16.3 Å². The molecule has 1 aromatic heterocycles. The molecule has 74 valence electrons. The predicted molar refractivity (Wildman–Crippen MR) is 60.5 cm³/mol. The minimum Gasteiger partial charge on any atom is -0.366 e. The Balaban J connectivity index is 2.39. The minimum atomic E-state index is -0.0640. The number of nitrogens with two attached hydrogens (primary N) is 1. The molecule has 0 amide bonds. The highest BCUT2D eigenvalue weighted by Crippen LogP contribution is 2.20. The zero-order valence-electron chi connectivity index (χ0n) is 8.58. The third-order valence-electron chi connectivity index (χ3n) is 1.97. The van der Waals surface area contributed by atoms with E-state index in [1.807, 2.05) is 0 Å². The SMILES string of the molecule is CN(CCC(C)(C)N)c1cccs1.